The van der Waals surface area contributed by atoms with Crippen molar-refractivity contribution >= 4 is 17.0 Å². The van der Waals surface area contributed by atoms with Gasteiger partial charge in [-0.2, -0.15) is 0 Å². The van der Waals surface area contributed by atoms with Crippen LogP contribution in [0.15, 0.2) is 60.2 Å². The molecule has 3 heteroatoms. The molecule has 19 heavy (non-hydrogen) atoms. The van der Waals surface area contributed by atoms with Crippen LogP contribution >= 0.6 is 11.3 Å². The first kappa shape index (κ1) is 11.9. The predicted octanol–water partition coefficient (Wildman–Crippen LogP) is 3.98. The summed E-state index contributed by atoms with van der Waals surface area (Å²) in [7, 11) is 0. The van der Waals surface area contributed by atoms with E-state index in [1.54, 1.807) is 11.3 Å². The van der Waals surface area contributed by atoms with E-state index in [9.17, 15) is 0 Å². The van der Waals surface area contributed by atoms with Gasteiger partial charge in [-0.15, -0.1) is 11.3 Å². The zero-order valence-electron chi connectivity index (χ0n) is 10.4. The van der Waals surface area contributed by atoms with Crippen LogP contribution in [0.25, 0.3) is 10.4 Å². The highest BCUT2D eigenvalue weighted by Crippen LogP contribution is 2.29. The molecule has 0 aliphatic heterocycles. The molecule has 94 valence electrons. The molecule has 0 bridgehead atoms. The summed E-state index contributed by atoms with van der Waals surface area (Å²) in [5.41, 5.74) is 12.4. The van der Waals surface area contributed by atoms with Crippen molar-refractivity contribution in [3.63, 3.8) is 0 Å². The molecule has 0 fully saturated rings. The molecule has 0 aliphatic rings. The van der Waals surface area contributed by atoms with Gasteiger partial charge in [-0.3, -0.25) is 4.98 Å². The van der Waals surface area contributed by atoms with Crippen LogP contribution in [0.5, 0.6) is 0 Å². The average molecular weight is 266 g/mol. The van der Waals surface area contributed by atoms with Crippen LogP contribution in [0.1, 0.15) is 11.1 Å². The van der Waals surface area contributed by atoms with E-state index in [1.165, 1.54) is 11.1 Å². The van der Waals surface area contributed by atoms with Crippen molar-refractivity contribution < 1.29 is 0 Å². The molecule has 0 saturated heterocycles. The highest BCUT2D eigenvalue weighted by atomic mass is 32.1. The van der Waals surface area contributed by atoms with E-state index >= 15 is 0 Å². The lowest BCUT2D eigenvalue weighted by molar-refractivity contribution is 1.20. The Kier molecular flexibility index (Phi) is 3.29. The monoisotopic (exact) mass is 266 g/mol. The lowest BCUT2D eigenvalue weighted by Gasteiger charge is -2.07. The summed E-state index contributed by atoms with van der Waals surface area (Å²) in [5.74, 6) is 0. The Morgan fingerprint density at radius 3 is 2.53 bits per heavy atom. The van der Waals surface area contributed by atoms with Crippen LogP contribution in [-0.4, -0.2) is 4.98 Å². The minimum atomic E-state index is 0.817. The van der Waals surface area contributed by atoms with Gasteiger partial charge in [0.05, 0.1) is 10.4 Å². The molecule has 0 aliphatic carbocycles. The van der Waals surface area contributed by atoms with E-state index in [-0.39, 0.29) is 0 Å². The Labute approximate surface area is 116 Å². The molecule has 0 spiro atoms. The minimum Gasteiger partial charge on any atom is -0.398 e. The molecule has 0 unspecified atom stereocenters. The second kappa shape index (κ2) is 5.24. The number of nitrogen functional groups attached to an aromatic ring is 1. The number of hydrogen-bond acceptors (Lipinski definition) is 3. The van der Waals surface area contributed by atoms with Crippen molar-refractivity contribution in [2.24, 2.45) is 0 Å². The zero-order valence-corrected chi connectivity index (χ0v) is 11.2. The van der Waals surface area contributed by atoms with E-state index in [0.29, 0.717) is 0 Å². The van der Waals surface area contributed by atoms with Gasteiger partial charge in [-0.1, -0.05) is 42.5 Å². The van der Waals surface area contributed by atoms with Crippen molar-refractivity contribution in [2.75, 3.05) is 5.73 Å². The lowest BCUT2D eigenvalue weighted by Crippen LogP contribution is -1.93. The molecular formula is C16H14N2S. The molecule has 1 heterocycles. The molecule has 0 saturated carbocycles. The van der Waals surface area contributed by atoms with Crippen LogP contribution in [-0.2, 0) is 6.42 Å². The normalized spacial score (nSPS) is 10.5. The van der Waals surface area contributed by atoms with Gasteiger partial charge in [0.25, 0.3) is 0 Å². The van der Waals surface area contributed by atoms with E-state index in [1.807, 2.05) is 17.8 Å². The standard InChI is InChI=1S/C16H14N2S/c17-15-9-13(8-12-4-2-1-3-5-12)6-7-14(15)16-10-18-11-19-16/h1-7,9-11H,8,17H2. The smallest absolute Gasteiger partial charge is 0.0797 e. The SMILES string of the molecule is Nc1cc(Cc2ccccc2)ccc1-c1cncs1. The molecule has 2 N–H and O–H groups in total. The summed E-state index contributed by atoms with van der Waals surface area (Å²) < 4.78 is 0. The Balaban J connectivity index is 1.88. The molecule has 0 amide bonds. The van der Waals surface area contributed by atoms with Gasteiger partial charge < -0.3 is 5.73 Å². The van der Waals surface area contributed by atoms with Crippen molar-refractivity contribution in [1.29, 1.82) is 0 Å². The summed E-state index contributed by atoms with van der Waals surface area (Å²) in [4.78, 5) is 5.21. The van der Waals surface area contributed by atoms with Crippen LogP contribution in [0.3, 0.4) is 0 Å². The second-order valence-electron chi connectivity index (χ2n) is 4.45. The first-order valence-corrected chi connectivity index (χ1v) is 7.02. The number of thiazole rings is 1. The molecule has 0 radical (unpaired) electrons. The van der Waals surface area contributed by atoms with Crippen molar-refractivity contribution in [2.45, 2.75) is 6.42 Å². The number of nitrogens with zero attached hydrogens (tertiary/aromatic N) is 1. The molecule has 0 atom stereocenters. The first-order valence-electron chi connectivity index (χ1n) is 6.14. The zero-order chi connectivity index (χ0) is 13.1. The van der Waals surface area contributed by atoms with Crippen LogP contribution in [0.4, 0.5) is 5.69 Å². The van der Waals surface area contributed by atoms with E-state index < -0.39 is 0 Å². The fourth-order valence-electron chi connectivity index (χ4n) is 2.13. The van der Waals surface area contributed by atoms with Crippen molar-refractivity contribution in [3.8, 4) is 10.4 Å². The molecular weight excluding hydrogens is 252 g/mol. The van der Waals surface area contributed by atoms with Gasteiger partial charge in [0, 0.05) is 17.4 Å². The summed E-state index contributed by atoms with van der Waals surface area (Å²) in [6.07, 6.45) is 2.77. The van der Waals surface area contributed by atoms with Gasteiger partial charge >= 0.3 is 0 Å². The van der Waals surface area contributed by atoms with Gasteiger partial charge in [0.15, 0.2) is 0 Å². The molecule has 2 nitrogen and oxygen atoms in total. The number of anilines is 1. The number of nitrogens with two attached hydrogens (primary N) is 1. The third kappa shape index (κ3) is 2.66. The Hall–Kier alpha value is -2.13. The highest BCUT2D eigenvalue weighted by molar-refractivity contribution is 7.13. The molecule has 2 aromatic carbocycles. The topological polar surface area (TPSA) is 38.9 Å². The number of aromatic nitrogens is 1. The Morgan fingerprint density at radius 1 is 1.00 bits per heavy atom. The quantitative estimate of drug-likeness (QED) is 0.728. The molecule has 3 aromatic rings. The minimum absolute atomic E-state index is 0.817. The van der Waals surface area contributed by atoms with Crippen molar-refractivity contribution in [1.82, 2.24) is 4.98 Å². The third-order valence-electron chi connectivity index (χ3n) is 3.06. The van der Waals surface area contributed by atoms with Gasteiger partial charge in [0.2, 0.25) is 0 Å². The van der Waals surface area contributed by atoms with Crippen LogP contribution in [0.2, 0.25) is 0 Å². The number of hydrogen-bond donors (Lipinski definition) is 1. The van der Waals surface area contributed by atoms with Gasteiger partial charge in [0.1, 0.15) is 0 Å². The second-order valence-corrected chi connectivity index (χ2v) is 5.34. The van der Waals surface area contributed by atoms with Crippen molar-refractivity contribution in [3.05, 3.63) is 71.4 Å². The van der Waals surface area contributed by atoms with E-state index in [0.717, 1.165) is 22.5 Å². The van der Waals surface area contributed by atoms with Gasteiger partial charge in [-0.25, -0.2) is 0 Å². The fraction of sp³-hybridized carbons (Fsp3) is 0.0625. The third-order valence-corrected chi connectivity index (χ3v) is 3.87. The Morgan fingerprint density at radius 2 is 1.84 bits per heavy atom. The predicted molar refractivity (Wildman–Crippen MR) is 81.2 cm³/mol. The average Bonchev–Trinajstić information content (AvgIpc) is 2.94. The van der Waals surface area contributed by atoms with Crippen LogP contribution in [0, 0.1) is 0 Å². The largest absolute Gasteiger partial charge is 0.398 e. The summed E-state index contributed by atoms with van der Waals surface area (Å²) in [5, 5.41) is 0. The number of rotatable bonds is 3. The molecule has 3 rings (SSSR count). The fourth-order valence-corrected chi connectivity index (χ4v) is 2.80. The van der Waals surface area contributed by atoms with E-state index in [4.69, 9.17) is 5.73 Å². The summed E-state index contributed by atoms with van der Waals surface area (Å²) in [6.45, 7) is 0. The van der Waals surface area contributed by atoms with Crippen LogP contribution < -0.4 is 5.73 Å². The number of benzene rings is 2. The summed E-state index contributed by atoms with van der Waals surface area (Å²) >= 11 is 1.61. The first-order chi connectivity index (χ1) is 9.33. The lowest BCUT2D eigenvalue weighted by atomic mass is 10.0. The Bertz CT molecular complexity index is 660. The highest BCUT2D eigenvalue weighted by Gasteiger charge is 2.05. The maximum atomic E-state index is 6.15. The summed E-state index contributed by atoms with van der Waals surface area (Å²) in [6, 6.07) is 16.7. The molecule has 1 aromatic heterocycles. The van der Waals surface area contributed by atoms with Gasteiger partial charge in [-0.05, 0) is 23.6 Å². The maximum absolute atomic E-state index is 6.15. The van der Waals surface area contributed by atoms with E-state index in [2.05, 4.69) is 47.4 Å². The maximum Gasteiger partial charge on any atom is 0.0797 e.